The average Bonchev–Trinajstić information content (AvgIpc) is 3.41. The minimum absolute atomic E-state index is 0.0775. The summed E-state index contributed by atoms with van der Waals surface area (Å²) in [7, 11) is 0. The number of thiophene rings is 1. The van der Waals surface area contributed by atoms with E-state index in [1.807, 2.05) is 34.6 Å². The van der Waals surface area contributed by atoms with Gasteiger partial charge < -0.3 is 5.32 Å². The van der Waals surface area contributed by atoms with Crippen LogP contribution in [0.4, 0.5) is 4.39 Å². The maximum atomic E-state index is 13.1. The Bertz CT molecular complexity index is 1110. The summed E-state index contributed by atoms with van der Waals surface area (Å²) < 4.78 is 16.9. The van der Waals surface area contributed by atoms with E-state index in [9.17, 15) is 9.18 Å². The largest absolute Gasteiger partial charge is 0.351 e. The number of aromatic nitrogens is 4. The highest BCUT2D eigenvalue weighted by atomic mass is 32.1. The van der Waals surface area contributed by atoms with Crippen molar-refractivity contribution < 1.29 is 9.18 Å². The van der Waals surface area contributed by atoms with Gasteiger partial charge in [-0.3, -0.25) is 14.2 Å². The fourth-order valence-electron chi connectivity index (χ4n) is 3.24. The first-order valence-electron chi connectivity index (χ1n) is 9.46. The summed E-state index contributed by atoms with van der Waals surface area (Å²) in [6.45, 7) is 5.88. The highest BCUT2D eigenvalue weighted by Crippen LogP contribution is 2.29. The van der Waals surface area contributed by atoms with Crippen LogP contribution in [0.5, 0.6) is 0 Å². The Hall–Kier alpha value is -3.00. The zero-order chi connectivity index (χ0) is 20.4. The Kier molecular flexibility index (Phi) is 5.44. The molecule has 4 rings (SSSR count). The van der Waals surface area contributed by atoms with Crippen molar-refractivity contribution in [1.29, 1.82) is 0 Å². The minimum Gasteiger partial charge on any atom is -0.351 e. The van der Waals surface area contributed by atoms with Crippen LogP contribution in [-0.4, -0.2) is 32.0 Å². The van der Waals surface area contributed by atoms with Crippen molar-refractivity contribution >= 4 is 27.5 Å². The molecule has 0 aliphatic heterocycles. The highest BCUT2D eigenvalue weighted by molar-refractivity contribution is 7.20. The molecule has 8 heteroatoms. The number of hydrogen-bond donors (Lipinski definition) is 1. The summed E-state index contributed by atoms with van der Waals surface area (Å²) in [6, 6.07) is 10.2. The average molecular weight is 412 g/mol. The number of fused-ring (bicyclic) bond motifs is 1. The smallest absolute Gasteiger partial charge is 0.261 e. The normalized spacial score (nSPS) is 12.4. The summed E-state index contributed by atoms with van der Waals surface area (Å²) in [5, 5.41) is 12.8. The second-order valence-electron chi connectivity index (χ2n) is 7.24. The zero-order valence-electron chi connectivity index (χ0n) is 16.3. The summed E-state index contributed by atoms with van der Waals surface area (Å²) >= 11 is 1.43. The van der Waals surface area contributed by atoms with E-state index in [2.05, 4.69) is 22.4 Å². The molecule has 1 atom stereocenters. The Morgan fingerprint density at radius 2 is 2.10 bits per heavy atom. The number of benzene rings is 1. The molecule has 1 N–H and O–H groups in total. The van der Waals surface area contributed by atoms with Crippen LogP contribution in [0.1, 0.15) is 27.9 Å². The molecule has 0 radical (unpaired) electrons. The number of carbonyl (C=O) groups is 1. The number of nitrogens with one attached hydrogen (secondary N) is 1. The molecule has 0 unspecified atom stereocenters. The Morgan fingerprint density at radius 3 is 2.83 bits per heavy atom. The van der Waals surface area contributed by atoms with Crippen molar-refractivity contribution in [3.05, 3.63) is 70.7 Å². The minimum atomic E-state index is -0.257. The van der Waals surface area contributed by atoms with Gasteiger partial charge in [0.15, 0.2) is 0 Å². The summed E-state index contributed by atoms with van der Waals surface area (Å²) in [4.78, 5) is 14.3. The molecule has 0 fully saturated rings. The molecular weight excluding hydrogens is 389 g/mol. The Labute approximate surface area is 172 Å². The first-order valence-corrected chi connectivity index (χ1v) is 10.3. The number of halogens is 1. The van der Waals surface area contributed by atoms with Crippen LogP contribution >= 0.6 is 11.3 Å². The van der Waals surface area contributed by atoms with Crippen LogP contribution in [0.3, 0.4) is 0 Å². The molecule has 150 valence electrons. The summed E-state index contributed by atoms with van der Waals surface area (Å²) in [6.07, 6.45) is 3.67. The number of hydrogen-bond acceptors (Lipinski definition) is 4. The maximum absolute atomic E-state index is 13.1. The lowest BCUT2D eigenvalue weighted by molar-refractivity contribution is 0.0950. The van der Waals surface area contributed by atoms with Crippen LogP contribution < -0.4 is 5.32 Å². The number of nitrogens with zero attached hydrogens (tertiary/aromatic N) is 4. The van der Waals surface area contributed by atoms with Gasteiger partial charge in [0.2, 0.25) is 0 Å². The second kappa shape index (κ2) is 8.16. The van der Waals surface area contributed by atoms with Crippen molar-refractivity contribution in [1.82, 2.24) is 24.9 Å². The van der Waals surface area contributed by atoms with Gasteiger partial charge in [-0.25, -0.2) is 4.39 Å². The molecule has 1 amide bonds. The van der Waals surface area contributed by atoms with Crippen molar-refractivity contribution in [3.8, 4) is 0 Å². The molecule has 0 spiro atoms. The lowest BCUT2D eigenvalue weighted by Crippen LogP contribution is -2.29. The van der Waals surface area contributed by atoms with Gasteiger partial charge in [-0.1, -0.05) is 19.1 Å². The quantitative estimate of drug-likeness (QED) is 0.502. The number of rotatable bonds is 7. The third-order valence-electron chi connectivity index (χ3n) is 4.75. The lowest BCUT2D eigenvalue weighted by atomic mass is 10.2. The maximum Gasteiger partial charge on any atom is 0.261 e. The second-order valence-corrected chi connectivity index (χ2v) is 8.27. The Morgan fingerprint density at radius 1 is 1.31 bits per heavy atom. The van der Waals surface area contributed by atoms with E-state index in [0.29, 0.717) is 18.0 Å². The molecule has 29 heavy (non-hydrogen) atoms. The van der Waals surface area contributed by atoms with Crippen LogP contribution in [0, 0.1) is 18.7 Å². The molecule has 1 aromatic carbocycles. The van der Waals surface area contributed by atoms with Gasteiger partial charge in [-0.05, 0) is 42.7 Å². The number of aryl methyl sites for hydroxylation is 1. The first-order chi connectivity index (χ1) is 14.0. The van der Waals surface area contributed by atoms with Gasteiger partial charge in [0, 0.05) is 30.9 Å². The van der Waals surface area contributed by atoms with E-state index >= 15 is 0 Å². The number of carbonyl (C=O) groups excluding carboxylic acids is 1. The lowest BCUT2D eigenvalue weighted by Gasteiger charge is -2.12. The van der Waals surface area contributed by atoms with Gasteiger partial charge in [0.1, 0.15) is 10.6 Å². The van der Waals surface area contributed by atoms with Crippen LogP contribution in [0.2, 0.25) is 0 Å². The van der Waals surface area contributed by atoms with Crippen LogP contribution in [0.15, 0.2) is 48.8 Å². The molecule has 0 bridgehead atoms. The zero-order valence-corrected chi connectivity index (χ0v) is 17.1. The van der Waals surface area contributed by atoms with E-state index in [4.69, 9.17) is 0 Å². The standard InChI is InChI=1S/C21H22FN5OS/c1-14(12-26-9-3-8-24-26)11-23-20(28)19-10-18-15(2)25-27(21(18)29-19)13-16-4-6-17(22)7-5-16/h3-10,14H,11-13H2,1-2H3,(H,23,28)/t14-/m1/s1. The van der Waals surface area contributed by atoms with E-state index in [-0.39, 0.29) is 17.6 Å². The molecule has 4 aromatic rings. The monoisotopic (exact) mass is 411 g/mol. The van der Waals surface area contributed by atoms with Crippen LogP contribution in [-0.2, 0) is 13.1 Å². The summed E-state index contributed by atoms with van der Waals surface area (Å²) in [5.41, 5.74) is 1.84. The van der Waals surface area contributed by atoms with Crippen molar-refractivity contribution in [2.75, 3.05) is 6.54 Å². The van der Waals surface area contributed by atoms with Gasteiger partial charge >= 0.3 is 0 Å². The van der Waals surface area contributed by atoms with E-state index in [0.717, 1.165) is 28.0 Å². The Balaban J connectivity index is 1.45. The van der Waals surface area contributed by atoms with Gasteiger partial charge in [-0.2, -0.15) is 10.2 Å². The molecular formula is C21H22FN5OS. The van der Waals surface area contributed by atoms with Gasteiger partial charge in [0.05, 0.1) is 17.1 Å². The molecule has 6 nitrogen and oxygen atoms in total. The van der Waals surface area contributed by atoms with E-state index < -0.39 is 0 Å². The molecule has 0 saturated heterocycles. The van der Waals surface area contributed by atoms with Crippen molar-refractivity contribution in [2.24, 2.45) is 5.92 Å². The van der Waals surface area contributed by atoms with Crippen molar-refractivity contribution in [2.45, 2.75) is 26.9 Å². The van der Waals surface area contributed by atoms with Crippen LogP contribution in [0.25, 0.3) is 10.2 Å². The van der Waals surface area contributed by atoms with E-state index in [1.54, 1.807) is 18.3 Å². The van der Waals surface area contributed by atoms with Gasteiger partial charge in [-0.15, -0.1) is 11.3 Å². The topological polar surface area (TPSA) is 64.7 Å². The molecule has 3 heterocycles. The molecule has 0 aliphatic carbocycles. The highest BCUT2D eigenvalue weighted by Gasteiger charge is 2.17. The summed E-state index contributed by atoms with van der Waals surface area (Å²) in [5.74, 6) is -0.0670. The fraction of sp³-hybridized carbons (Fsp3) is 0.286. The molecule has 3 aromatic heterocycles. The number of amides is 1. The third-order valence-corrected chi connectivity index (χ3v) is 5.89. The predicted molar refractivity (Wildman–Crippen MR) is 112 cm³/mol. The van der Waals surface area contributed by atoms with E-state index in [1.165, 1.54) is 23.5 Å². The van der Waals surface area contributed by atoms with Crippen molar-refractivity contribution in [3.63, 3.8) is 0 Å². The predicted octanol–water partition coefficient (Wildman–Crippen LogP) is 3.86. The first kappa shape index (κ1) is 19.3. The molecule has 0 aliphatic rings. The fourth-order valence-corrected chi connectivity index (χ4v) is 4.32. The molecule has 0 saturated carbocycles. The van der Waals surface area contributed by atoms with Gasteiger partial charge in [0.25, 0.3) is 5.91 Å². The SMILES string of the molecule is Cc1nn(Cc2ccc(F)cc2)c2sc(C(=O)NC[C@@H](C)Cn3cccn3)cc12. The third kappa shape index (κ3) is 4.37.